The Morgan fingerprint density at radius 2 is 1.70 bits per heavy atom. The fraction of sp³-hybridized carbons (Fsp3) is 0.304. The van der Waals surface area contributed by atoms with E-state index in [0.29, 0.717) is 12.2 Å². The van der Waals surface area contributed by atoms with Crippen LogP contribution >= 0.6 is 0 Å². The van der Waals surface area contributed by atoms with E-state index < -0.39 is 0 Å². The predicted molar refractivity (Wildman–Crippen MR) is 116 cm³/mol. The standard InChI is InChI=1S/C23H26FN5O/c1-18-17-22(26-29(18)21-5-3-2-4-6-21)23(30)25-11-12-27-13-15-28(16-14-27)20-9-7-19(24)8-10-20/h2-10,17H,11-16H2,1H3,(H,25,30). The van der Waals surface area contributed by atoms with Crippen LogP contribution in [0.15, 0.2) is 60.7 Å². The van der Waals surface area contributed by atoms with Gasteiger partial charge in [-0.3, -0.25) is 9.69 Å². The van der Waals surface area contributed by atoms with Gasteiger partial charge in [-0.2, -0.15) is 5.10 Å². The maximum Gasteiger partial charge on any atom is 0.271 e. The van der Waals surface area contributed by atoms with Crippen LogP contribution in [0.25, 0.3) is 5.69 Å². The first kappa shape index (κ1) is 20.1. The minimum Gasteiger partial charge on any atom is -0.369 e. The summed E-state index contributed by atoms with van der Waals surface area (Å²) in [4.78, 5) is 17.1. The van der Waals surface area contributed by atoms with Crippen LogP contribution in [0.3, 0.4) is 0 Å². The molecule has 1 aromatic heterocycles. The van der Waals surface area contributed by atoms with E-state index in [0.717, 1.165) is 49.8 Å². The lowest BCUT2D eigenvalue weighted by Crippen LogP contribution is -2.48. The number of aromatic nitrogens is 2. The first-order valence-corrected chi connectivity index (χ1v) is 10.2. The summed E-state index contributed by atoms with van der Waals surface area (Å²) in [5, 5.41) is 7.43. The maximum atomic E-state index is 13.1. The number of halogens is 1. The molecule has 0 aliphatic carbocycles. The minimum absolute atomic E-state index is 0.155. The zero-order valence-electron chi connectivity index (χ0n) is 17.1. The SMILES string of the molecule is Cc1cc(C(=O)NCCN2CCN(c3ccc(F)cc3)CC2)nn1-c1ccccc1. The number of piperazine rings is 1. The molecule has 2 heterocycles. The summed E-state index contributed by atoms with van der Waals surface area (Å²) < 4.78 is 14.9. The minimum atomic E-state index is -0.211. The highest BCUT2D eigenvalue weighted by molar-refractivity contribution is 5.92. The van der Waals surface area contributed by atoms with Crippen LogP contribution in [-0.4, -0.2) is 59.9 Å². The van der Waals surface area contributed by atoms with Gasteiger partial charge in [0.2, 0.25) is 0 Å². The first-order valence-electron chi connectivity index (χ1n) is 10.2. The summed E-state index contributed by atoms with van der Waals surface area (Å²) >= 11 is 0. The van der Waals surface area contributed by atoms with Crippen LogP contribution in [0.4, 0.5) is 10.1 Å². The smallest absolute Gasteiger partial charge is 0.271 e. The molecule has 7 heteroatoms. The number of amides is 1. The van der Waals surface area contributed by atoms with Gasteiger partial charge in [0.1, 0.15) is 5.82 Å². The van der Waals surface area contributed by atoms with Gasteiger partial charge in [0, 0.05) is 50.6 Å². The normalized spacial score (nSPS) is 14.7. The third-order valence-electron chi connectivity index (χ3n) is 5.40. The van der Waals surface area contributed by atoms with Gasteiger partial charge in [-0.1, -0.05) is 18.2 Å². The quantitative estimate of drug-likeness (QED) is 0.683. The molecule has 1 N–H and O–H groups in total. The van der Waals surface area contributed by atoms with Crippen LogP contribution in [-0.2, 0) is 0 Å². The average Bonchev–Trinajstić information content (AvgIpc) is 3.17. The van der Waals surface area contributed by atoms with Crippen molar-refractivity contribution in [3.8, 4) is 5.69 Å². The highest BCUT2D eigenvalue weighted by Crippen LogP contribution is 2.17. The second-order valence-electron chi connectivity index (χ2n) is 7.48. The molecule has 156 valence electrons. The number of hydrogen-bond donors (Lipinski definition) is 1. The third kappa shape index (κ3) is 4.68. The Hall–Kier alpha value is -3.19. The molecule has 30 heavy (non-hydrogen) atoms. The summed E-state index contributed by atoms with van der Waals surface area (Å²) in [6, 6.07) is 18.2. The zero-order chi connectivity index (χ0) is 20.9. The number of benzene rings is 2. The number of nitrogens with one attached hydrogen (secondary N) is 1. The van der Waals surface area contributed by atoms with E-state index in [1.165, 1.54) is 12.1 Å². The summed E-state index contributed by atoms with van der Waals surface area (Å²) in [6.45, 7) is 6.91. The molecule has 2 aromatic carbocycles. The highest BCUT2D eigenvalue weighted by Gasteiger charge is 2.18. The Morgan fingerprint density at radius 3 is 2.40 bits per heavy atom. The van der Waals surface area contributed by atoms with Gasteiger partial charge < -0.3 is 10.2 Å². The van der Waals surface area contributed by atoms with Crippen molar-refractivity contribution in [2.75, 3.05) is 44.2 Å². The topological polar surface area (TPSA) is 53.4 Å². The molecule has 0 unspecified atom stereocenters. The maximum absolute atomic E-state index is 13.1. The van der Waals surface area contributed by atoms with Crippen LogP contribution in [0.1, 0.15) is 16.2 Å². The summed E-state index contributed by atoms with van der Waals surface area (Å²) in [6.07, 6.45) is 0. The molecule has 0 bridgehead atoms. The van der Waals surface area contributed by atoms with Crippen molar-refractivity contribution in [1.29, 1.82) is 0 Å². The molecule has 0 saturated carbocycles. The Morgan fingerprint density at radius 1 is 1.00 bits per heavy atom. The zero-order valence-corrected chi connectivity index (χ0v) is 17.1. The average molecular weight is 407 g/mol. The van der Waals surface area contributed by atoms with E-state index in [2.05, 4.69) is 20.2 Å². The Bertz CT molecular complexity index is 979. The van der Waals surface area contributed by atoms with Crippen LogP contribution < -0.4 is 10.2 Å². The van der Waals surface area contributed by atoms with Crippen molar-refractivity contribution in [2.24, 2.45) is 0 Å². The van der Waals surface area contributed by atoms with Gasteiger partial charge in [-0.05, 0) is 49.4 Å². The lowest BCUT2D eigenvalue weighted by atomic mass is 10.2. The number of hydrogen-bond acceptors (Lipinski definition) is 4. The largest absolute Gasteiger partial charge is 0.369 e. The molecule has 1 saturated heterocycles. The Balaban J connectivity index is 1.24. The highest BCUT2D eigenvalue weighted by atomic mass is 19.1. The molecule has 1 aliphatic rings. The van der Waals surface area contributed by atoms with Crippen molar-refractivity contribution in [3.05, 3.63) is 77.9 Å². The lowest BCUT2D eigenvalue weighted by Gasteiger charge is -2.36. The number of rotatable bonds is 6. The molecule has 0 radical (unpaired) electrons. The molecule has 4 rings (SSSR count). The molecule has 1 fully saturated rings. The third-order valence-corrected chi connectivity index (χ3v) is 5.40. The van der Waals surface area contributed by atoms with Crippen molar-refractivity contribution in [3.63, 3.8) is 0 Å². The van der Waals surface area contributed by atoms with Gasteiger partial charge in [-0.15, -0.1) is 0 Å². The second kappa shape index (κ2) is 9.09. The number of aryl methyl sites for hydroxylation is 1. The fourth-order valence-corrected chi connectivity index (χ4v) is 3.72. The van der Waals surface area contributed by atoms with Crippen molar-refractivity contribution >= 4 is 11.6 Å². The molecular formula is C23H26FN5O. The van der Waals surface area contributed by atoms with E-state index in [9.17, 15) is 9.18 Å². The van der Waals surface area contributed by atoms with Crippen LogP contribution in [0.2, 0.25) is 0 Å². The van der Waals surface area contributed by atoms with Crippen molar-refractivity contribution in [1.82, 2.24) is 20.0 Å². The van der Waals surface area contributed by atoms with E-state index >= 15 is 0 Å². The van der Waals surface area contributed by atoms with E-state index in [4.69, 9.17) is 0 Å². The lowest BCUT2D eigenvalue weighted by molar-refractivity contribution is 0.0942. The number of nitrogens with zero attached hydrogens (tertiary/aromatic N) is 4. The molecule has 1 aliphatic heterocycles. The molecule has 6 nitrogen and oxygen atoms in total. The van der Waals surface area contributed by atoms with Gasteiger partial charge >= 0.3 is 0 Å². The van der Waals surface area contributed by atoms with Gasteiger partial charge in [0.15, 0.2) is 5.69 Å². The summed E-state index contributed by atoms with van der Waals surface area (Å²) in [7, 11) is 0. The summed E-state index contributed by atoms with van der Waals surface area (Å²) in [5.74, 6) is -0.366. The number of anilines is 1. The number of para-hydroxylation sites is 1. The van der Waals surface area contributed by atoms with Crippen LogP contribution in [0.5, 0.6) is 0 Å². The molecule has 1 amide bonds. The van der Waals surface area contributed by atoms with E-state index in [-0.39, 0.29) is 11.7 Å². The number of carbonyl (C=O) groups excluding carboxylic acids is 1. The van der Waals surface area contributed by atoms with Gasteiger partial charge in [0.25, 0.3) is 5.91 Å². The van der Waals surface area contributed by atoms with E-state index in [1.54, 1.807) is 4.68 Å². The van der Waals surface area contributed by atoms with Crippen molar-refractivity contribution < 1.29 is 9.18 Å². The monoisotopic (exact) mass is 407 g/mol. The Kier molecular flexibility index (Phi) is 6.09. The van der Waals surface area contributed by atoms with Gasteiger partial charge in [-0.25, -0.2) is 9.07 Å². The number of carbonyl (C=O) groups is 1. The predicted octanol–water partition coefficient (Wildman–Crippen LogP) is 2.87. The molecular weight excluding hydrogens is 381 g/mol. The van der Waals surface area contributed by atoms with E-state index in [1.807, 2.05) is 55.5 Å². The fourth-order valence-electron chi connectivity index (χ4n) is 3.72. The molecule has 0 spiro atoms. The second-order valence-corrected chi connectivity index (χ2v) is 7.48. The first-order chi connectivity index (χ1) is 14.6. The molecule has 0 atom stereocenters. The summed E-state index contributed by atoms with van der Waals surface area (Å²) in [5.41, 5.74) is 3.34. The molecule has 3 aromatic rings. The van der Waals surface area contributed by atoms with Crippen molar-refractivity contribution in [2.45, 2.75) is 6.92 Å². The van der Waals surface area contributed by atoms with Crippen LogP contribution in [0, 0.1) is 12.7 Å². The Labute approximate surface area is 175 Å². The van der Waals surface area contributed by atoms with Gasteiger partial charge in [0.05, 0.1) is 5.69 Å².